The first-order chi connectivity index (χ1) is 7.24. The highest BCUT2D eigenvalue weighted by atomic mass is 79.9. The molecule has 5 heteroatoms. The van der Waals surface area contributed by atoms with Crippen molar-refractivity contribution in [1.82, 2.24) is 4.98 Å². The van der Waals surface area contributed by atoms with Crippen molar-refractivity contribution in [2.24, 2.45) is 0 Å². The zero-order valence-electron chi connectivity index (χ0n) is 7.90. The minimum absolute atomic E-state index is 0.722. The summed E-state index contributed by atoms with van der Waals surface area (Å²) in [6.07, 6.45) is 1.70. The molecule has 3 nitrogen and oxygen atoms in total. The number of hydrogen-bond acceptors (Lipinski definition) is 4. The summed E-state index contributed by atoms with van der Waals surface area (Å²) in [6, 6.07) is 5.68. The molecule has 0 amide bonds. The first kappa shape index (κ1) is 10.4. The van der Waals surface area contributed by atoms with Crippen LogP contribution in [0.25, 0.3) is 0 Å². The van der Waals surface area contributed by atoms with Gasteiger partial charge in [-0.2, -0.15) is 0 Å². The molecule has 2 aromatic heterocycles. The molecular formula is C10H10BrN3S. The maximum absolute atomic E-state index is 5.65. The molecule has 15 heavy (non-hydrogen) atoms. The Bertz CT molecular complexity index is 455. The SMILES string of the molecule is Nc1ccnc(NCc2cc(Br)cs2)c1. The summed E-state index contributed by atoms with van der Waals surface area (Å²) in [7, 11) is 0. The zero-order valence-corrected chi connectivity index (χ0v) is 10.3. The van der Waals surface area contributed by atoms with Crippen molar-refractivity contribution in [3.05, 3.63) is 39.1 Å². The molecule has 2 rings (SSSR count). The monoisotopic (exact) mass is 283 g/mol. The van der Waals surface area contributed by atoms with Gasteiger partial charge >= 0.3 is 0 Å². The van der Waals surface area contributed by atoms with Crippen LogP contribution in [-0.4, -0.2) is 4.98 Å². The molecule has 2 aromatic rings. The molecule has 0 radical (unpaired) electrons. The first-order valence-electron chi connectivity index (χ1n) is 4.42. The van der Waals surface area contributed by atoms with Gasteiger partial charge < -0.3 is 11.1 Å². The summed E-state index contributed by atoms with van der Waals surface area (Å²) in [4.78, 5) is 5.42. The van der Waals surface area contributed by atoms with Crippen LogP contribution >= 0.6 is 27.3 Å². The van der Waals surface area contributed by atoms with Crippen molar-refractivity contribution in [3.63, 3.8) is 0 Å². The van der Waals surface area contributed by atoms with Crippen LogP contribution in [-0.2, 0) is 6.54 Å². The number of rotatable bonds is 3. The van der Waals surface area contributed by atoms with Gasteiger partial charge in [0, 0.05) is 32.7 Å². The van der Waals surface area contributed by atoms with E-state index in [0.717, 1.165) is 22.5 Å². The average molecular weight is 284 g/mol. The maximum atomic E-state index is 5.65. The summed E-state index contributed by atoms with van der Waals surface area (Å²) in [6.45, 7) is 0.771. The molecule has 0 atom stereocenters. The van der Waals surface area contributed by atoms with E-state index in [0.29, 0.717) is 0 Å². The van der Waals surface area contributed by atoms with Gasteiger partial charge in [-0.25, -0.2) is 4.98 Å². The Balaban J connectivity index is 1.99. The number of nitrogens with zero attached hydrogens (tertiary/aromatic N) is 1. The van der Waals surface area contributed by atoms with Crippen LogP contribution in [0.15, 0.2) is 34.2 Å². The minimum atomic E-state index is 0.722. The lowest BCUT2D eigenvalue weighted by Gasteiger charge is -2.03. The highest BCUT2D eigenvalue weighted by molar-refractivity contribution is 9.10. The van der Waals surface area contributed by atoms with E-state index < -0.39 is 0 Å². The highest BCUT2D eigenvalue weighted by Gasteiger charge is 1.98. The fraction of sp³-hybridized carbons (Fsp3) is 0.100. The van der Waals surface area contributed by atoms with Crippen LogP contribution in [0.2, 0.25) is 0 Å². The second kappa shape index (κ2) is 4.63. The van der Waals surface area contributed by atoms with Crippen LogP contribution in [0.1, 0.15) is 4.88 Å². The van der Waals surface area contributed by atoms with Crippen LogP contribution in [0.3, 0.4) is 0 Å². The molecule has 0 aliphatic carbocycles. The number of pyridine rings is 1. The van der Waals surface area contributed by atoms with E-state index >= 15 is 0 Å². The summed E-state index contributed by atoms with van der Waals surface area (Å²) < 4.78 is 1.12. The molecule has 0 aliphatic rings. The van der Waals surface area contributed by atoms with E-state index in [1.165, 1.54) is 4.88 Å². The number of nitrogens with one attached hydrogen (secondary N) is 1. The number of nitrogen functional groups attached to an aromatic ring is 1. The number of halogens is 1. The van der Waals surface area contributed by atoms with Gasteiger partial charge in [-0.1, -0.05) is 0 Å². The van der Waals surface area contributed by atoms with Crippen molar-refractivity contribution < 1.29 is 0 Å². The van der Waals surface area contributed by atoms with Gasteiger partial charge in [0.05, 0.1) is 6.54 Å². The molecule has 0 unspecified atom stereocenters. The van der Waals surface area contributed by atoms with E-state index in [2.05, 4.69) is 37.7 Å². The van der Waals surface area contributed by atoms with Gasteiger partial charge in [0.2, 0.25) is 0 Å². The molecule has 0 bridgehead atoms. The highest BCUT2D eigenvalue weighted by Crippen LogP contribution is 2.20. The third kappa shape index (κ3) is 2.94. The average Bonchev–Trinajstić information content (AvgIpc) is 2.62. The Morgan fingerprint density at radius 2 is 2.33 bits per heavy atom. The lowest BCUT2D eigenvalue weighted by Crippen LogP contribution is -2.00. The third-order valence-corrected chi connectivity index (χ3v) is 3.55. The second-order valence-corrected chi connectivity index (χ2v) is 4.97. The predicted molar refractivity (Wildman–Crippen MR) is 68.0 cm³/mol. The van der Waals surface area contributed by atoms with Gasteiger partial charge in [-0.05, 0) is 28.1 Å². The maximum Gasteiger partial charge on any atom is 0.128 e. The number of anilines is 2. The van der Waals surface area contributed by atoms with Crippen molar-refractivity contribution in [2.45, 2.75) is 6.54 Å². The number of thiophene rings is 1. The molecule has 78 valence electrons. The Labute approximate surface area is 100 Å². The number of hydrogen-bond donors (Lipinski definition) is 2. The topological polar surface area (TPSA) is 50.9 Å². The van der Waals surface area contributed by atoms with Gasteiger partial charge in [0.25, 0.3) is 0 Å². The fourth-order valence-corrected chi connectivity index (χ4v) is 2.56. The molecule has 2 heterocycles. The predicted octanol–water partition coefficient (Wildman–Crippen LogP) is 3.10. The van der Waals surface area contributed by atoms with Crippen molar-refractivity contribution in [2.75, 3.05) is 11.1 Å². The zero-order chi connectivity index (χ0) is 10.7. The van der Waals surface area contributed by atoms with Crippen molar-refractivity contribution in [1.29, 1.82) is 0 Å². The van der Waals surface area contributed by atoms with Crippen LogP contribution in [0.4, 0.5) is 11.5 Å². The van der Waals surface area contributed by atoms with E-state index in [4.69, 9.17) is 5.73 Å². The van der Waals surface area contributed by atoms with E-state index in [9.17, 15) is 0 Å². The standard InChI is InChI=1S/C10H10BrN3S/c11-7-3-9(15-6-7)5-14-10-4-8(12)1-2-13-10/h1-4,6H,5H2,(H3,12,13,14). The van der Waals surface area contributed by atoms with Crippen LogP contribution in [0, 0.1) is 0 Å². The van der Waals surface area contributed by atoms with Gasteiger partial charge in [-0.3, -0.25) is 0 Å². The van der Waals surface area contributed by atoms with Crippen molar-refractivity contribution in [3.8, 4) is 0 Å². The molecule has 0 saturated carbocycles. The van der Waals surface area contributed by atoms with Gasteiger partial charge in [0.1, 0.15) is 5.82 Å². The Hall–Kier alpha value is -1.07. The van der Waals surface area contributed by atoms with E-state index in [1.807, 2.05) is 6.07 Å². The van der Waals surface area contributed by atoms with E-state index in [1.54, 1.807) is 23.6 Å². The van der Waals surface area contributed by atoms with E-state index in [-0.39, 0.29) is 0 Å². The summed E-state index contributed by atoms with van der Waals surface area (Å²) in [5.41, 5.74) is 6.37. The third-order valence-electron chi connectivity index (χ3n) is 1.85. The normalized spacial score (nSPS) is 10.2. The quantitative estimate of drug-likeness (QED) is 0.910. The smallest absolute Gasteiger partial charge is 0.128 e. The first-order valence-corrected chi connectivity index (χ1v) is 6.09. The van der Waals surface area contributed by atoms with Crippen molar-refractivity contribution >= 4 is 38.8 Å². The van der Waals surface area contributed by atoms with Gasteiger partial charge in [-0.15, -0.1) is 11.3 Å². The molecular weight excluding hydrogens is 274 g/mol. The molecule has 0 aromatic carbocycles. The largest absolute Gasteiger partial charge is 0.399 e. The summed E-state index contributed by atoms with van der Waals surface area (Å²) in [5.74, 6) is 0.805. The number of nitrogens with two attached hydrogens (primary N) is 1. The Morgan fingerprint density at radius 3 is 3.00 bits per heavy atom. The molecule has 0 spiro atoms. The number of aromatic nitrogens is 1. The molecule has 0 saturated heterocycles. The van der Waals surface area contributed by atoms with Crippen LogP contribution in [0.5, 0.6) is 0 Å². The Morgan fingerprint density at radius 1 is 1.47 bits per heavy atom. The lowest BCUT2D eigenvalue weighted by molar-refractivity contribution is 1.14. The molecule has 0 aliphatic heterocycles. The Kier molecular flexibility index (Phi) is 3.23. The fourth-order valence-electron chi connectivity index (χ4n) is 1.17. The lowest BCUT2D eigenvalue weighted by atomic mass is 10.4. The summed E-state index contributed by atoms with van der Waals surface area (Å²) in [5, 5.41) is 5.27. The van der Waals surface area contributed by atoms with Crippen LogP contribution < -0.4 is 11.1 Å². The second-order valence-electron chi connectivity index (χ2n) is 3.06. The summed E-state index contributed by atoms with van der Waals surface area (Å²) >= 11 is 5.12. The minimum Gasteiger partial charge on any atom is -0.399 e. The van der Waals surface area contributed by atoms with Gasteiger partial charge in [0.15, 0.2) is 0 Å². The molecule has 3 N–H and O–H groups in total. The molecule has 0 fully saturated rings.